The first-order valence-electron chi connectivity index (χ1n) is 10.0. The van der Waals surface area contributed by atoms with Crippen molar-refractivity contribution in [2.75, 3.05) is 19.6 Å². The van der Waals surface area contributed by atoms with Gasteiger partial charge in [-0.2, -0.15) is 5.10 Å². The number of H-pyrrole nitrogens is 1. The van der Waals surface area contributed by atoms with Gasteiger partial charge in [-0.15, -0.1) is 0 Å². The number of rotatable bonds is 5. The van der Waals surface area contributed by atoms with Crippen LogP contribution in [0, 0.1) is 5.92 Å². The van der Waals surface area contributed by atoms with Crippen LogP contribution in [0.3, 0.4) is 0 Å². The summed E-state index contributed by atoms with van der Waals surface area (Å²) in [6.07, 6.45) is 3.50. The Labute approximate surface area is 160 Å². The third-order valence-electron chi connectivity index (χ3n) is 5.71. The number of carbonyl (C=O) groups excluding carboxylic acids is 1. The molecule has 0 saturated carbocycles. The molecular formula is C21H29N5O. The number of nitrogens with zero attached hydrogens (tertiary/aromatic N) is 2. The number of carbonyl (C=O) groups is 1. The lowest BCUT2D eigenvalue weighted by Gasteiger charge is -2.31. The Bertz CT molecular complexity index is 800. The zero-order valence-corrected chi connectivity index (χ0v) is 16.1. The van der Waals surface area contributed by atoms with Crippen LogP contribution in [0.1, 0.15) is 52.6 Å². The maximum atomic E-state index is 12.7. The SMILES string of the molecule is CC1CCCN(Cc2ccccc2CNC(=O)c2n[nH]c3c2CNCC3)C1. The lowest BCUT2D eigenvalue weighted by atomic mass is 9.99. The fraction of sp³-hybridized carbons (Fsp3) is 0.524. The summed E-state index contributed by atoms with van der Waals surface area (Å²) in [5.41, 5.74) is 5.11. The predicted molar refractivity (Wildman–Crippen MR) is 105 cm³/mol. The maximum absolute atomic E-state index is 12.7. The Kier molecular flexibility index (Phi) is 5.55. The molecule has 1 saturated heterocycles. The number of benzene rings is 1. The molecule has 2 aromatic rings. The van der Waals surface area contributed by atoms with Crippen LogP contribution in [0.2, 0.25) is 0 Å². The fourth-order valence-corrected chi connectivity index (χ4v) is 4.23. The van der Waals surface area contributed by atoms with E-state index in [1.807, 2.05) is 6.07 Å². The van der Waals surface area contributed by atoms with Gasteiger partial charge in [-0.05, 0) is 36.4 Å². The van der Waals surface area contributed by atoms with E-state index >= 15 is 0 Å². The van der Waals surface area contributed by atoms with Gasteiger partial charge in [-0.1, -0.05) is 31.2 Å². The molecule has 0 radical (unpaired) electrons. The van der Waals surface area contributed by atoms with Crippen LogP contribution in [-0.2, 0) is 26.1 Å². The van der Waals surface area contributed by atoms with Crippen molar-refractivity contribution in [2.24, 2.45) is 5.92 Å². The van der Waals surface area contributed by atoms with Gasteiger partial charge in [0.1, 0.15) is 0 Å². The van der Waals surface area contributed by atoms with Crippen LogP contribution >= 0.6 is 0 Å². The normalized spacial score (nSPS) is 20.3. The molecule has 6 heteroatoms. The Morgan fingerprint density at radius 1 is 1.33 bits per heavy atom. The molecule has 0 aliphatic carbocycles. The van der Waals surface area contributed by atoms with Crippen LogP contribution in [0.15, 0.2) is 24.3 Å². The third kappa shape index (κ3) is 4.22. The van der Waals surface area contributed by atoms with Crippen molar-refractivity contribution in [2.45, 2.75) is 45.8 Å². The lowest BCUT2D eigenvalue weighted by molar-refractivity contribution is 0.0944. The van der Waals surface area contributed by atoms with Crippen LogP contribution in [0.5, 0.6) is 0 Å². The minimum Gasteiger partial charge on any atom is -0.347 e. The average molecular weight is 367 g/mol. The van der Waals surface area contributed by atoms with E-state index in [-0.39, 0.29) is 5.91 Å². The summed E-state index contributed by atoms with van der Waals surface area (Å²) in [6.45, 7) is 7.78. The Balaban J connectivity index is 1.41. The summed E-state index contributed by atoms with van der Waals surface area (Å²) >= 11 is 0. The number of aromatic amines is 1. The summed E-state index contributed by atoms with van der Waals surface area (Å²) in [5, 5.41) is 13.6. The van der Waals surface area contributed by atoms with E-state index in [1.54, 1.807) is 0 Å². The molecule has 2 aliphatic heterocycles. The van der Waals surface area contributed by atoms with Gasteiger partial charge in [0.05, 0.1) is 0 Å². The average Bonchev–Trinajstić information content (AvgIpc) is 3.11. The zero-order valence-electron chi connectivity index (χ0n) is 16.1. The highest BCUT2D eigenvalue weighted by molar-refractivity contribution is 5.94. The second kappa shape index (κ2) is 8.23. The molecule has 3 heterocycles. The van der Waals surface area contributed by atoms with Crippen molar-refractivity contribution in [1.82, 2.24) is 25.7 Å². The largest absolute Gasteiger partial charge is 0.347 e. The second-order valence-corrected chi connectivity index (χ2v) is 7.89. The highest BCUT2D eigenvalue weighted by Gasteiger charge is 2.22. The van der Waals surface area contributed by atoms with Crippen molar-refractivity contribution in [3.63, 3.8) is 0 Å². The van der Waals surface area contributed by atoms with E-state index < -0.39 is 0 Å². The van der Waals surface area contributed by atoms with Crippen molar-refractivity contribution in [1.29, 1.82) is 0 Å². The molecule has 4 rings (SSSR count). The molecule has 1 fully saturated rings. The van der Waals surface area contributed by atoms with E-state index in [0.29, 0.717) is 18.8 Å². The first-order chi connectivity index (χ1) is 13.2. The summed E-state index contributed by atoms with van der Waals surface area (Å²) in [5.74, 6) is 0.669. The van der Waals surface area contributed by atoms with Gasteiger partial charge in [-0.25, -0.2) is 0 Å². The monoisotopic (exact) mass is 367 g/mol. The molecule has 6 nitrogen and oxygen atoms in total. The van der Waals surface area contributed by atoms with Gasteiger partial charge in [0, 0.05) is 50.4 Å². The number of fused-ring (bicyclic) bond motifs is 1. The van der Waals surface area contributed by atoms with Gasteiger partial charge in [0.15, 0.2) is 5.69 Å². The second-order valence-electron chi connectivity index (χ2n) is 7.89. The van der Waals surface area contributed by atoms with Gasteiger partial charge >= 0.3 is 0 Å². The fourth-order valence-electron chi connectivity index (χ4n) is 4.23. The highest BCUT2D eigenvalue weighted by atomic mass is 16.1. The van der Waals surface area contributed by atoms with Crippen molar-refractivity contribution < 1.29 is 4.79 Å². The number of piperidine rings is 1. The third-order valence-corrected chi connectivity index (χ3v) is 5.71. The highest BCUT2D eigenvalue weighted by Crippen LogP contribution is 2.20. The van der Waals surface area contributed by atoms with Crippen LogP contribution in [0.25, 0.3) is 0 Å². The van der Waals surface area contributed by atoms with E-state index in [1.165, 1.54) is 24.0 Å². The number of amides is 1. The molecule has 0 spiro atoms. The zero-order chi connectivity index (χ0) is 18.6. The predicted octanol–water partition coefficient (Wildman–Crippen LogP) is 2.22. The van der Waals surface area contributed by atoms with Crippen molar-refractivity contribution in [3.8, 4) is 0 Å². The summed E-state index contributed by atoms with van der Waals surface area (Å²) in [7, 11) is 0. The first kappa shape index (κ1) is 18.2. The van der Waals surface area contributed by atoms with Crippen molar-refractivity contribution in [3.05, 3.63) is 52.3 Å². The maximum Gasteiger partial charge on any atom is 0.272 e. The molecule has 1 atom stereocenters. The Morgan fingerprint density at radius 2 is 2.19 bits per heavy atom. The summed E-state index contributed by atoms with van der Waals surface area (Å²) in [4.78, 5) is 15.2. The van der Waals surface area contributed by atoms with Gasteiger partial charge in [0.2, 0.25) is 0 Å². The van der Waals surface area contributed by atoms with Crippen LogP contribution in [0.4, 0.5) is 0 Å². The molecule has 3 N–H and O–H groups in total. The lowest BCUT2D eigenvalue weighted by Crippen LogP contribution is -2.34. The molecule has 1 aromatic heterocycles. The molecular weight excluding hydrogens is 338 g/mol. The van der Waals surface area contributed by atoms with Crippen LogP contribution in [-0.4, -0.2) is 40.6 Å². The smallest absolute Gasteiger partial charge is 0.272 e. The summed E-state index contributed by atoms with van der Waals surface area (Å²) in [6, 6.07) is 8.43. The van der Waals surface area contributed by atoms with E-state index in [4.69, 9.17) is 0 Å². The topological polar surface area (TPSA) is 73.0 Å². The first-order valence-corrected chi connectivity index (χ1v) is 10.0. The standard InChI is InChI=1S/C21H29N5O/c1-15-5-4-10-26(13-15)14-17-7-3-2-6-16(17)11-23-21(27)20-18-12-22-9-8-19(18)24-25-20/h2-3,6-7,15,22H,4-5,8-14H2,1H3,(H,23,27)(H,24,25). The Hall–Kier alpha value is -2.18. The Morgan fingerprint density at radius 3 is 3.04 bits per heavy atom. The molecule has 1 aromatic carbocycles. The number of aromatic nitrogens is 2. The number of hydrogen-bond acceptors (Lipinski definition) is 4. The number of likely N-dealkylation sites (tertiary alicyclic amines) is 1. The minimum atomic E-state index is -0.0994. The molecule has 1 amide bonds. The van der Waals surface area contributed by atoms with E-state index in [0.717, 1.165) is 49.8 Å². The number of hydrogen-bond donors (Lipinski definition) is 3. The van der Waals surface area contributed by atoms with Crippen molar-refractivity contribution >= 4 is 5.91 Å². The quantitative estimate of drug-likeness (QED) is 0.758. The molecule has 1 unspecified atom stereocenters. The molecule has 0 bridgehead atoms. The minimum absolute atomic E-state index is 0.0994. The van der Waals surface area contributed by atoms with E-state index in [2.05, 4.69) is 50.9 Å². The molecule has 144 valence electrons. The molecule has 27 heavy (non-hydrogen) atoms. The summed E-state index contributed by atoms with van der Waals surface area (Å²) < 4.78 is 0. The van der Waals surface area contributed by atoms with Gasteiger partial charge in [0.25, 0.3) is 5.91 Å². The number of nitrogens with one attached hydrogen (secondary N) is 3. The van der Waals surface area contributed by atoms with Gasteiger partial charge in [-0.3, -0.25) is 14.8 Å². The van der Waals surface area contributed by atoms with Gasteiger partial charge < -0.3 is 10.6 Å². The van der Waals surface area contributed by atoms with Crippen LogP contribution < -0.4 is 10.6 Å². The van der Waals surface area contributed by atoms with E-state index in [9.17, 15) is 4.79 Å². The molecule has 2 aliphatic rings.